The highest BCUT2D eigenvalue weighted by molar-refractivity contribution is 6.04. The van der Waals surface area contributed by atoms with Gasteiger partial charge in [0.15, 0.2) is 12.4 Å². The molecule has 146 valence electrons. The highest BCUT2D eigenvalue weighted by Crippen LogP contribution is 2.29. The topological polar surface area (TPSA) is 72.5 Å². The highest BCUT2D eigenvalue weighted by atomic mass is 19.4. The molecule has 0 unspecified atom stereocenters. The quantitative estimate of drug-likeness (QED) is 0.457. The fraction of sp³-hybridized carbons (Fsp3) is 0.150. The molecule has 0 aliphatic heterocycles. The molecule has 5 nitrogen and oxygen atoms in total. The normalized spacial score (nSPS) is 11.3. The first-order valence-corrected chi connectivity index (χ1v) is 8.09. The van der Waals surface area contributed by atoms with Gasteiger partial charge in [-0.2, -0.15) is 13.2 Å². The standard InChI is InChI=1S/C20H16F3NO4/c1-13(25)16-4-2-3-5-17(16)24-18(26)12-28-19(27)11-8-14-6-9-15(10-7-14)20(21,22)23/h2-11H,12H2,1H3,(H,24,26)/b11-8+. The summed E-state index contributed by atoms with van der Waals surface area (Å²) >= 11 is 0. The van der Waals surface area contributed by atoms with E-state index in [1.165, 1.54) is 25.1 Å². The van der Waals surface area contributed by atoms with E-state index in [2.05, 4.69) is 5.32 Å². The Balaban J connectivity index is 1.87. The summed E-state index contributed by atoms with van der Waals surface area (Å²) in [6.07, 6.45) is -2.17. The molecule has 0 aliphatic rings. The number of hydrogen-bond acceptors (Lipinski definition) is 4. The van der Waals surface area contributed by atoms with E-state index in [1.54, 1.807) is 24.3 Å². The number of benzene rings is 2. The highest BCUT2D eigenvalue weighted by Gasteiger charge is 2.29. The van der Waals surface area contributed by atoms with Gasteiger partial charge in [0.05, 0.1) is 11.3 Å². The molecule has 0 saturated heterocycles. The van der Waals surface area contributed by atoms with E-state index < -0.39 is 30.2 Å². The fourth-order valence-corrected chi connectivity index (χ4v) is 2.22. The van der Waals surface area contributed by atoms with Crippen molar-refractivity contribution in [1.29, 1.82) is 0 Å². The summed E-state index contributed by atoms with van der Waals surface area (Å²) in [6, 6.07) is 10.6. The Morgan fingerprint density at radius 3 is 2.29 bits per heavy atom. The van der Waals surface area contributed by atoms with Gasteiger partial charge in [0.2, 0.25) is 0 Å². The van der Waals surface area contributed by atoms with Crippen molar-refractivity contribution < 1.29 is 32.3 Å². The number of esters is 1. The third-order valence-electron chi connectivity index (χ3n) is 3.58. The molecule has 2 rings (SSSR count). The Kier molecular flexibility index (Phi) is 6.70. The van der Waals surface area contributed by atoms with Gasteiger partial charge < -0.3 is 10.1 Å². The van der Waals surface area contributed by atoms with E-state index in [0.29, 0.717) is 16.8 Å². The largest absolute Gasteiger partial charge is 0.452 e. The molecule has 8 heteroatoms. The number of halogens is 3. The maximum Gasteiger partial charge on any atom is 0.416 e. The van der Waals surface area contributed by atoms with Gasteiger partial charge >= 0.3 is 12.1 Å². The van der Waals surface area contributed by atoms with Crippen molar-refractivity contribution in [2.24, 2.45) is 0 Å². The number of nitrogens with one attached hydrogen (secondary N) is 1. The van der Waals surface area contributed by atoms with Gasteiger partial charge in [-0.15, -0.1) is 0 Å². The van der Waals surface area contributed by atoms with Gasteiger partial charge in [0, 0.05) is 11.6 Å². The molecule has 0 fully saturated rings. The molecule has 0 saturated carbocycles. The van der Waals surface area contributed by atoms with Crippen LogP contribution in [0.3, 0.4) is 0 Å². The molecule has 0 atom stereocenters. The van der Waals surface area contributed by atoms with Gasteiger partial charge in [0.25, 0.3) is 5.91 Å². The third kappa shape index (κ3) is 6.08. The predicted molar refractivity (Wildman–Crippen MR) is 96.5 cm³/mol. The van der Waals surface area contributed by atoms with Crippen molar-refractivity contribution in [3.05, 3.63) is 71.3 Å². The monoisotopic (exact) mass is 391 g/mol. The Morgan fingerprint density at radius 2 is 1.68 bits per heavy atom. The average molecular weight is 391 g/mol. The van der Waals surface area contributed by atoms with Gasteiger partial charge in [-0.1, -0.05) is 24.3 Å². The van der Waals surface area contributed by atoms with E-state index in [-0.39, 0.29) is 5.78 Å². The molecular weight excluding hydrogens is 375 g/mol. The van der Waals surface area contributed by atoms with Crippen molar-refractivity contribution in [2.45, 2.75) is 13.1 Å². The van der Waals surface area contributed by atoms with E-state index in [4.69, 9.17) is 4.74 Å². The van der Waals surface area contributed by atoms with Crippen LogP contribution in [0.2, 0.25) is 0 Å². The smallest absolute Gasteiger partial charge is 0.416 e. The molecule has 0 aliphatic carbocycles. The fourth-order valence-electron chi connectivity index (χ4n) is 2.22. The number of ether oxygens (including phenoxy) is 1. The first kappa shape index (κ1) is 20.9. The van der Waals surface area contributed by atoms with E-state index in [1.807, 2.05) is 0 Å². The lowest BCUT2D eigenvalue weighted by atomic mass is 10.1. The predicted octanol–water partition coefficient (Wildman–Crippen LogP) is 4.10. The summed E-state index contributed by atoms with van der Waals surface area (Å²) in [5, 5.41) is 2.47. The van der Waals surface area contributed by atoms with Crippen molar-refractivity contribution in [1.82, 2.24) is 0 Å². The number of carbonyl (C=O) groups is 3. The Hall–Kier alpha value is -3.42. The van der Waals surface area contributed by atoms with Crippen LogP contribution in [0.5, 0.6) is 0 Å². The molecule has 2 aromatic carbocycles. The molecule has 0 spiro atoms. The molecular formula is C20H16F3NO4. The maximum absolute atomic E-state index is 12.5. The molecule has 28 heavy (non-hydrogen) atoms. The number of Topliss-reactive ketones (excluding diaryl/α,β-unsaturated/α-hetero) is 1. The Morgan fingerprint density at radius 1 is 1.04 bits per heavy atom. The number of alkyl halides is 3. The van der Waals surface area contributed by atoms with Gasteiger partial charge in [-0.3, -0.25) is 9.59 Å². The number of rotatable bonds is 6. The maximum atomic E-state index is 12.5. The van der Waals surface area contributed by atoms with E-state index in [0.717, 1.165) is 18.2 Å². The van der Waals surface area contributed by atoms with Crippen molar-refractivity contribution >= 4 is 29.4 Å². The van der Waals surface area contributed by atoms with Crippen LogP contribution in [0.25, 0.3) is 6.08 Å². The molecule has 0 heterocycles. The summed E-state index contributed by atoms with van der Waals surface area (Å²) in [6.45, 7) is 0.777. The zero-order chi connectivity index (χ0) is 20.7. The zero-order valence-electron chi connectivity index (χ0n) is 14.7. The van der Waals surface area contributed by atoms with Crippen LogP contribution in [0.1, 0.15) is 28.4 Å². The molecule has 0 bridgehead atoms. The first-order chi connectivity index (χ1) is 13.2. The van der Waals surface area contributed by atoms with E-state index in [9.17, 15) is 27.6 Å². The van der Waals surface area contributed by atoms with Gasteiger partial charge in [-0.05, 0) is 42.8 Å². The molecule has 0 aromatic heterocycles. The van der Waals surface area contributed by atoms with Gasteiger partial charge in [0.1, 0.15) is 0 Å². The number of anilines is 1. The minimum atomic E-state index is -4.43. The number of amides is 1. The second-order valence-electron chi connectivity index (χ2n) is 5.71. The van der Waals surface area contributed by atoms with Gasteiger partial charge in [-0.25, -0.2) is 4.79 Å². The summed E-state index contributed by atoms with van der Waals surface area (Å²) < 4.78 is 42.2. The molecule has 1 amide bonds. The van der Waals surface area contributed by atoms with Crippen LogP contribution in [-0.2, 0) is 20.5 Å². The lowest BCUT2D eigenvalue weighted by Crippen LogP contribution is -2.21. The van der Waals surface area contributed by atoms with Crippen molar-refractivity contribution in [3.63, 3.8) is 0 Å². The minimum Gasteiger partial charge on any atom is -0.452 e. The van der Waals surface area contributed by atoms with E-state index >= 15 is 0 Å². The Bertz CT molecular complexity index is 902. The number of carbonyl (C=O) groups excluding carboxylic acids is 3. The van der Waals surface area contributed by atoms with Crippen LogP contribution < -0.4 is 5.32 Å². The molecule has 2 aromatic rings. The van der Waals surface area contributed by atoms with Crippen LogP contribution in [0, 0.1) is 0 Å². The van der Waals surface area contributed by atoms with Crippen LogP contribution in [0.4, 0.5) is 18.9 Å². The summed E-state index contributed by atoms with van der Waals surface area (Å²) in [7, 11) is 0. The van der Waals surface area contributed by atoms with Crippen LogP contribution >= 0.6 is 0 Å². The molecule has 0 radical (unpaired) electrons. The van der Waals surface area contributed by atoms with Crippen molar-refractivity contribution in [3.8, 4) is 0 Å². The zero-order valence-corrected chi connectivity index (χ0v) is 14.7. The summed E-state index contributed by atoms with van der Waals surface area (Å²) in [5.41, 5.74) is 0.195. The number of ketones is 1. The summed E-state index contributed by atoms with van der Waals surface area (Å²) in [4.78, 5) is 35.0. The van der Waals surface area contributed by atoms with Crippen LogP contribution in [0.15, 0.2) is 54.6 Å². The number of hydrogen-bond donors (Lipinski definition) is 1. The SMILES string of the molecule is CC(=O)c1ccccc1NC(=O)COC(=O)/C=C/c1ccc(C(F)(F)F)cc1. The lowest BCUT2D eigenvalue weighted by molar-refractivity contribution is -0.142. The minimum absolute atomic E-state index is 0.229. The second-order valence-corrected chi connectivity index (χ2v) is 5.71. The Labute approximate surface area is 158 Å². The van der Waals surface area contributed by atoms with Crippen molar-refractivity contribution in [2.75, 3.05) is 11.9 Å². The first-order valence-electron chi connectivity index (χ1n) is 8.09. The average Bonchev–Trinajstić information content (AvgIpc) is 2.64. The summed E-state index contributed by atoms with van der Waals surface area (Å²) in [5.74, 6) is -1.70. The third-order valence-corrected chi connectivity index (χ3v) is 3.58. The lowest BCUT2D eigenvalue weighted by Gasteiger charge is -2.08. The molecule has 1 N–H and O–H groups in total. The van der Waals surface area contributed by atoms with Crippen LogP contribution in [-0.4, -0.2) is 24.3 Å². The number of para-hydroxylation sites is 1. The second kappa shape index (κ2) is 8.98.